The monoisotopic (exact) mass is 676 g/mol. The van der Waals surface area contributed by atoms with Gasteiger partial charge in [0.25, 0.3) is 0 Å². The average molecular weight is 676 g/mol. The number of morpholine rings is 1. The third-order valence-corrected chi connectivity index (χ3v) is 16.6. The molecule has 48 heavy (non-hydrogen) atoms. The van der Waals surface area contributed by atoms with Gasteiger partial charge in [-0.2, -0.15) is 0 Å². The van der Waals surface area contributed by atoms with Crippen LogP contribution in [0.3, 0.4) is 0 Å². The quantitative estimate of drug-likeness (QED) is 0.313. The molecule has 3 unspecified atom stereocenters. The Kier molecular flexibility index (Phi) is 10.1. The van der Waals surface area contributed by atoms with Gasteiger partial charge in [0.05, 0.1) is 56.3 Å². The number of fused-ring (bicyclic) bond motifs is 4. The maximum absolute atomic E-state index is 10.9. The molecule has 3 heterocycles. The Morgan fingerprint density at radius 3 is 2.17 bits per heavy atom. The lowest BCUT2D eigenvalue weighted by atomic mass is 9.42. The molecule has 2 N–H and O–H groups in total. The Bertz CT molecular complexity index is 1140. The summed E-state index contributed by atoms with van der Waals surface area (Å²) in [7, 11) is 0. The van der Waals surface area contributed by atoms with Crippen LogP contribution in [0, 0.1) is 50.7 Å². The first-order chi connectivity index (χ1) is 22.7. The van der Waals surface area contributed by atoms with Crippen molar-refractivity contribution >= 4 is 0 Å². The SMILES string of the molecule is CC.CC.C[C@@H]1C23CC[C@H](OC4CN(C5COC5)CCO4)C(C)(C)C2CC[C@@H]2[C@]13CC[C@]1(C)[C@H]3CC[C@H]([C@H](O)C(C)(C)O)O[C@@H]3C[C@@]21C. The first-order valence-electron chi connectivity index (χ1n) is 20.3. The number of aliphatic hydroxyl groups excluding tert-OH is 1. The van der Waals surface area contributed by atoms with E-state index in [9.17, 15) is 10.2 Å². The van der Waals surface area contributed by atoms with Crippen LogP contribution in [0.4, 0.5) is 0 Å². The Morgan fingerprint density at radius 2 is 1.52 bits per heavy atom. The average Bonchev–Trinajstić information content (AvgIpc) is 3.46. The number of rotatable bonds is 5. The van der Waals surface area contributed by atoms with Crippen molar-refractivity contribution in [1.82, 2.24) is 4.90 Å². The fourth-order valence-electron chi connectivity index (χ4n) is 14.1. The highest BCUT2D eigenvalue weighted by Crippen LogP contribution is 2.91. The van der Waals surface area contributed by atoms with E-state index in [-0.39, 0.29) is 40.8 Å². The van der Waals surface area contributed by atoms with Crippen LogP contribution in [0.25, 0.3) is 0 Å². The van der Waals surface area contributed by atoms with Crippen LogP contribution < -0.4 is 0 Å². The summed E-state index contributed by atoms with van der Waals surface area (Å²) in [5.41, 5.74) is 0.383. The summed E-state index contributed by atoms with van der Waals surface area (Å²) >= 11 is 0. The minimum absolute atomic E-state index is 0.125. The molecule has 5 saturated carbocycles. The van der Waals surface area contributed by atoms with E-state index < -0.39 is 11.7 Å². The molecule has 0 aromatic rings. The molecule has 0 aromatic heterocycles. The second-order valence-electron chi connectivity index (χ2n) is 18.5. The fourth-order valence-corrected chi connectivity index (χ4v) is 14.1. The summed E-state index contributed by atoms with van der Waals surface area (Å²) < 4.78 is 25.4. The third-order valence-electron chi connectivity index (χ3n) is 16.6. The fraction of sp³-hybridized carbons (Fsp3) is 1.00. The minimum atomic E-state index is -1.14. The van der Waals surface area contributed by atoms with E-state index in [1.54, 1.807) is 13.8 Å². The zero-order chi connectivity index (χ0) is 35.1. The van der Waals surface area contributed by atoms with Gasteiger partial charge >= 0.3 is 0 Å². The first-order valence-corrected chi connectivity index (χ1v) is 20.3. The van der Waals surface area contributed by atoms with Crippen LogP contribution in [-0.4, -0.2) is 90.4 Å². The lowest BCUT2D eigenvalue weighted by Crippen LogP contribution is -2.59. The molecule has 0 amide bonds. The summed E-state index contributed by atoms with van der Waals surface area (Å²) in [4.78, 5) is 2.52. The lowest BCUT2D eigenvalue weighted by molar-refractivity contribution is -0.255. The van der Waals surface area contributed by atoms with E-state index in [0.717, 1.165) is 70.4 Å². The summed E-state index contributed by atoms with van der Waals surface area (Å²) in [6.07, 6.45) is 10.0. The summed E-state index contributed by atoms with van der Waals surface area (Å²) in [5.74, 6) is 2.75. The molecule has 13 atom stereocenters. The predicted molar refractivity (Wildman–Crippen MR) is 191 cm³/mol. The molecular formula is C41H73NO6. The van der Waals surface area contributed by atoms with E-state index in [2.05, 4.69) is 39.5 Å². The van der Waals surface area contributed by atoms with Crippen molar-refractivity contribution in [3.05, 3.63) is 0 Å². The highest BCUT2D eigenvalue weighted by molar-refractivity contribution is 5.34. The maximum atomic E-state index is 10.9. The zero-order valence-electron chi connectivity index (χ0n) is 32.6. The number of hydrogen-bond acceptors (Lipinski definition) is 7. The Hall–Kier alpha value is -0.280. The molecule has 8 aliphatic rings. The van der Waals surface area contributed by atoms with Crippen molar-refractivity contribution in [2.75, 3.05) is 32.9 Å². The van der Waals surface area contributed by atoms with Gasteiger partial charge in [-0.05, 0) is 122 Å². The smallest absolute Gasteiger partial charge is 0.170 e. The zero-order valence-corrected chi connectivity index (χ0v) is 32.6. The van der Waals surface area contributed by atoms with Gasteiger partial charge in [-0.3, -0.25) is 4.90 Å². The van der Waals surface area contributed by atoms with Gasteiger partial charge < -0.3 is 29.2 Å². The van der Waals surface area contributed by atoms with Gasteiger partial charge in [-0.1, -0.05) is 62.3 Å². The van der Waals surface area contributed by atoms with Crippen molar-refractivity contribution in [2.24, 2.45) is 50.7 Å². The van der Waals surface area contributed by atoms with E-state index in [4.69, 9.17) is 18.9 Å². The highest BCUT2D eigenvalue weighted by Gasteiger charge is 2.86. The van der Waals surface area contributed by atoms with E-state index in [1.165, 1.54) is 32.1 Å². The van der Waals surface area contributed by atoms with Gasteiger partial charge in [0.2, 0.25) is 0 Å². The van der Waals surface area contributed by atoms with Gasteiger partial charge in [-0.15, -0.1) is 0 Å². The molecule has 7 nitrogen and oxygen atoms in total. The van der Waals surface area contributed by atoms with Crippen LogP contribution in [0.2, 0.25) is 0 Å². The van der Waals surface area contributed by atoms with Crippen molar-refractivity contribution in [1.29, 1.82) is 0 Å². The Labute approximate surface area is 293 Å². The molecule has 8 rings (SSSR count). The second-order valence-corrected chi connectivity index (χ2v) is 18.5. The molecule has 278 valence electrons. The molecule has 7 heteroatoms. The molecule has 3 saturated heterocycles. The van der Waals surface area contributed by atoms with E-state index in [0.29, 0.717) is 28.7 Å². The second kappa shape index (κ2) is 13.0. The first kappa shape index (κ1) is 37.5. The number of nitrogens with zero attached hydrogens (tertiary/aromatic N) is 1. The molecule has 5 aliphatic carbocycles. The summed E-state index contributed by atoms with van der Waals surface area (Å²) in [5, 5.41) is 21.5. The number of aliphatic hydroxyl groups is 2. The van der Waals surface area contributed by atoms with Crippen LogP contribution in [0.5, 0.6) is 0 Å². The molecule has 0 aromatic carbocycles. The van der Waals surface area contributed by atoms with E-state index >= 15 is 0 Å². The van der Waals surface area contributed by atoms with Crippen LogP contribution >= 0.6 is 0 Å². The maximum Gasteiger partial charge on any atom is 0.170 e. The predicted octanol–water partition coefficient (Wildman–Crippen LogP) is 7.46. The minimum Gasteiger partial charge on any atom is -0.388 e. The van der Waals surface area contributed by atoms with Gasteiger partial charge in [-0.25, -0.2) is 0 Å². The Balaban J connectivity index is 0.000000969. The molecule has 8 fully saturated rings. The van der Waals surface area contributed by atoms with Crippen molar-refractivity contribution in [2.45, 2.75) is 176 Å². The van der Waals surface area contributed by atoms with Crippen molar-refractivity contribution < 1.29 is 29.2 Å². The number of hydrogen-bond donors (Lipinski definition) is 2. The van der Waals surface area contributed by atoms with Gasteiger partial charge in [0, 0.05) is 6.54 Å². The van der Waals surface area contributed by atoms with Crippen molar-refractivity contribution in [3.63, 3.8) is 0 Å². The van der Waals surface area contributed by atoms with E-state index in [1.807, 2.05) is 27.7 Å². The molecular weight excluding hydrogens is 602 g/mol. The molecule has 0 radical (unpaired) electrons. The van der Waals surface area contributed by atoms with Gasteiger partial charge in [0.15, 0.2) is 6.29 Å². The highest BCUT2D eigenvalue weighted by atomic mass is 16.7. The van der Waals surface area contributed by atoms with Crippen LogP contribution in [-0.2, 0) is 18.9 Å². The molecule has 3 aliphatic heterocycles. The van der Waals surface area contributed by atoms with Crippen LogP contribution in [0.15, 0.2) is 0 Å². The van der Waals surface area contributed by atoms with Crippen LogP contribution in [0.1, 0.15) is 134 Å². The van der Waals surface area contributed by atoms with Gasteiger partial charge in [0.1, 0.15) is 6.10 Å². The molecule has 0 bridgehead atoms. The Morgan fingerprint density at radius 1 is 0.854 bits per heavy atom. The lowest BCUT2D eigenvalue weighted by Gasteiger charge is -2.63. The topological polar surface area (TPSA) is 80.6 Å². The standard InChI is InChI=1S/C37H61NO6.2C2H6/c1-22-36-13-12-29(44-30-19-38(16-17-42-30)23-20-41-21-23)32(2,3)27(36)10-11-28-35(7)18-26-24(34(35,6)14-15-37(22,28)36)8-9-25(43-26)31(39)33(4,5)40;2*1-2/h22-31,39-40H,8-21H2,1-7H3;2*1-2H3/t22-,24+,25-,26-,27?,28+,29+,30?,31+,34-,35+,36?,37+;;/m1../s1. The van der Waals surface area contributed by atoms with Crippen molar-refractivity contribution in [3.8, 4) is 0 Å². The summed E-state index contributed by atoms with van der Waals surface area (Å²) in [6, 6.07) is 0.538. The summed E-state index contributed by atoms with van der Waals surface area (Å²) in [6.45, 7) is 28.7. The largest absolute Gasteiger partial charge is 0.388 e. The molecule has 2 spiro atoms. The normalized spacial score (nSPS) is 49.9. The third kappa shape index (κ3) is 5.11. The number of ether oxygens (including phenoxy) is 4.